The first-order chi connectivity index (χ1) is 10.7. The molecule has 0 unspecified atom stereocenters. The number of hydrogen-bond donors (Lipinski definition) is 2. The van der Waals surface area contributed by atoms with Gasteiger partial charge in [-0.2, -0.15) is 5.10 Å². The molecule has 0 aromatic heterocycles. The molecule has 0 bridgehead atoms. The quantitative estimate of drug-likeness (QED) is 0.375. The molecule has 0 aliphatic carbocycles. The lowest BCUT2D eigenvalue weighted by molar-refractivity contribution is -0.385. The number of phenolic OH excluding ortho intramolecular Hbond substituents is 1. The van der Waals surface area contributed by atoms with Crippen molar-refractivity contribution in [3.63, 3.8) is 0 Å². The van der Waals surface area contributed by atoms with E-state index in [0.717, 1.165) is 12.3 Å². The van der Waals surface area contributed by atoms with Gasteiger partial charge in [-0.3, -0.25) is 14.9 Å². The molecule has 1 aliphatic heterocycles. The van der Waals surface area contributed by atoms with Crippen molar-refractivity contribution >= 4 is 35.4 Å². The maximum absolute atomic E-state index is 12.1. The zero-order valence-electron chi connectivity index (χ0n) is 12.2. The number of imide groups is 1. The first kappa shape index (κ1) is 16.7. The second-order valence-electron chi connectivity index (χ2n) is 5.10. The van der Waals surface area contributed by atoms with Crippen LogP contribution in [0.1, 0.15) is 25.8 Å². The van der Waals surface area contributed by atoms with Crippen molar-refractivity contribution in [3.8, 4) is 5.75 Å². The number of hydrogen-bond acceptors (Lipinski definition) is 6. The molecule has 1 aliphatic rings. The van der Waals surface area contributed by atoms with E-state index in [1.54, 1.807) is 13.8 Å². The summed E-state index contributed by atoms with van der Waals surface area (Å²) in [5.74, 6) is -1.22. The van der Waals surface area contributed by atoms with Crippen molar-refractivity contribution in [1.29, 1.82) is 0 Å². The van der Waals surface area contributed by atoms with Crippen LogP contribution in [0.5, 0.6) is 5.75 Å². The van der Waals surface area contributed by atoms with E-state index in [-0.39, 0.29) is 10.6 Å². The zero-order chi connectivity index (χ0) is 17.4. The van der Waals surface area contributed by atoms with E-state index >= 15 is 0 Å². The number of carbonyl (C=O) groups is 2. The minimum atomic E-state index is -1.06. The molecule has 3 amide bonds. The standard InChI is InChI=1S/C13H13ClN4O5/c1-3-13(2)11(20)17(12(21)16-13)15-6-7-4-8(14)5-9(10(7)19)18(22)23/h4-6,19H,3H2,1-2H3,(H,16,21)/b15-6-/t13-/m0/s1. The highest BCUT2D eigenvalue weighted by Gasteiger charge is 2.46. The van der Waals surface area contributed by atoms with Gasteiger partial charge in [-0.15, -0.1) is 5.01 Å². The van der Waals surface area contributed by atoms with E-state index in [4.69, 9.17) is 11.6 Å². The Kier molecular flexibility index (Phi) is 4.24. The predicted octanol–water partition coefficient (Wildman–Crippen LogP) is 2.01. The fourth-order valence-corrected chi connectivity index (χ4v) is 2.20. The Labute approximate surface area is 135 Å². The van der Waals surface area contributed by atoms with Gasteiger partial charge < -0.3 is 10.4 Å². The minimum absolute atomic E-state index is 0.00606. The SMILES string of the molecule is CC[C@]1(C)NC(=O)N(/N=C\c2cc(Cl)cc([N+](=O)[O-])c2O)C1=O. The van der Waals surface area contributed by atoms with E-state index in [2.05, 4.69) is 10.4 Å². The van der Waals surface area contributed by atoms with Crippen molar-refractivity contribution < 1.29 is 19.6 Å². The van der Waals surface area contributed by atoms with Crippen LogP contribution in [0, 0.1) is 10.1 Å². The Morgan fingerprint density at radius 1 is 1.52 bits per heavy atom. The molecule has 9 nitrogen and oxygen atoms in total. The number of amides is 3. The number of phenols is 1. The maximum Gasteiger partial charge on any atom is 0.346 e. The molecule has 10 heteroatoms. The Bertz CT molecular complexity index is 735. The number of hydrazone groups is 1. The molecule has 1 heterocycles. The molecule has 1 aromatic rings. The molecule has 23 heavy (non-hydrogen) atoms. The first-order valence-electron chi connectivity index (χ1n) is 6.57. The van der Waals surface area contributed by atoms with Gasteiger partial charge in [0.15, 0.2) is 0 Å². The summed E-state index contributed by atoms with van der Waals surface area (Å²) in [7, 11) is 0. The summed E-state index contributed by atoms with van der Waals surface area (Å²) in [6.45, 7) is 3.29. The molecule has 2 N–H and O–H groups in total. The van der Waals surface area contributed by atoms with Crippen LogP contribution >= 0.6 is 11.6 Å². The third kappa shape index (κ3) is 2.95. The smallest absolute Gasteiger partial charge is 0.346 e. The van der Waals surface area contributed by atoms with Gasteiger partial charge in [0.2, 0.25) is 5.75 Å². The molecular weight excluding hydrogens is 328 g/mol. The highest BCUT2D eigenvalue weighted by atomic mass is 35.5. The van der Waals surface area contributed by atoms with E-state index in [9.17, 15) is 24.8 Å². The van der Waals surface area contributed by atoms with Crippen LogP contribution < -0.4 is 5.32 Å². The van der Waals surface area contributed by atoms with Crippen LogP contribution in [0.25, 0.3) is 0 Å². The van der Waals surface area contributed by atoms with Gasteiger partial charge in [-0.25, -0.2) is 4.79 Å². The van der Waals surface area contributed by atoms with Gasteiger partial charge in [0.25, 0.3) is 5.91 Å². The van der Waals surface area contributed by atoms with Crippen molar-refractivity contribution in [2.45, 2.75) is 25.8 Å². The molecule has 0 radical (unpaired) electrons. The minimum Gasteiger partial charge on any atom is -0.502 e. The molecule has 0 saturated carbocycles. The second-order valence-corrected chi connectivity index (χ2v) is 5.53. The summed E-state index contributed by atoms with van der Waals surface area (Å²) in [5.41, 5.74) is -1.75. The Morgan fingerprint density at radius 3 is 2.70 bits per heavy atom. The lowest BCUT2D eigenvalue weighted by Gasteiger charge is -2.17. The van der Waals surface area contributed by atoms with Crippen LogP contribution in [0.4, 0.5) is 10.5 Å². The highest BCUT2D eigenvalue weighted by Crippen LogP contribution is 2.32. The normalized spacial score (nSPS) is 21.1. The van der Waals surface area contributed by atoms with Crippen LogP contribution in [0.15, 0.2) is 17.2 Å². The summed E-state index contributed by atoms with van der Waals surface area (Å²) < 4.78 is 0. The average Bonchev–Trinajstić information content (AvgIpc) is 2.70. The fourth-order valence-electron chi connectivity index (χ4n) is 1.98. The number of benzene rings is 1. The Balaban J connectivity index is 2.36. The van der Waals surface area contributed by atoms with E-state index in [0.29, 0.717) is 11.4 Å². The topological polar surface area (TPSA) is 125 Å². The van der Waals surface area contributed by atoms with Crippen LogP contribution in [-0.2, 0) is 4.79 Å². The van der Waals surface area contributed by atoms with Crippen molar-refractivity contribution in [2.75, 3.05) is 0 Å². The number of urea groups is 1. The van der Waals surface area contributed by atoms with E-state index in [1.165, 1.54) is 6.07 Å². The van der Waals surface area contributed by atoms with E-state index in [1.807, 2.05) is 0 Å². The van der Waals surface area contributed by atoms with Crippen molar-refractivity contribution in [1.82, 2.24) is 10.3 Å². The molecule has 1 fully saturated rings. The lowest BCUT2D eigenvalue weighted by Crippen LogP contribution is -2.42. The fraction of sp³-hybridized carbons (Fsp3) is 0.308. The number of nitro groups is 1. The first-order valence-corrected chi connectivity index (χ1v) is 6.95. The number of halogens is 1. The van der Waals surface area contributed by atoms with Crippen molar-refractivity contribution in [2.24, 2.45) is 5.10 Å². The van der Waals surface area contributed by atoms with Gasteiger partial charge in [0.1, 0.15) is 5.54 Å². The maximum atomic E-state index is 12.1. The zero-order valence-corrected chi connectivity index (χ0v) is 13.0. The molecule has 1 aromatic carbocycles. The monoisotopic (exact) mass is 340 g/mol. The van der Waals surface area contributed by atoms with Crippen LogP contribution in [-0.4, -0.2) is 38.7 Å². The van der Waals surface area contributed by atoms with E-state index < -0.39 is 33.8 Å². The molecule has 1 saturated heterocycles. The number of nitrogens with one attached hydrogen (secondary N) is 1. The van der Waals surface area contributed by atoms with Gasteiger partial charge in [-0.05, 0) is 19.4 Å². The number of nitro benzene ring substituents is 1. The molecule has 122 valence electrons. The second kappa shape index (κ2) is 5.84. The van der Waals surface area contributed by atoms with Gasteiger partial charge in [0, 0.05) is 16.7 Å². The Morgan fingerprint density at radius 2 is 2.17 bits per heavy atom. The van der Waals surface area contributed by atoms with Gasteiger partial charge in [-0.1, -0.05) is 18.5 Å². The molecular formula is C13H13ClN4O5. The summed E-state index contributed by atoms with van der Waals surface area (Å²) in [5, 5.41) is 27.5. The summed E-state index contributed by atoms with van der Waals surface area (Å²) in [6.07, 6.45) is 1.34. The summed E-state index contributed by atoms with van der Waals surface area (Å²) in [4.78, 5) is 34.0. The summed E-state index contributed by atoms with van der Waals surface area (Å²) >= 11 is 5.75. The largest absolute Gasteiger partial charge is 0.502 e. The summed E-state index contributed by atoms with van der Waals surface area (Å²) in [6, 6.07) is 1.49. The molecule has 2 rings (SSSR count). The third-order valence-corrected chi connectivity index (χ3v) is 3.76. The number of aromatic hydroxyl groups is 1. The lowest BCUT2D eigenvalue weighted by atomic mass is 10.00. The highest BCUT2D eigenvalue weighted by molar-refractivity contribution is 6.31. The van der Waals surface area contributed by atoms with Crippen LogP contribution in [0.2, 0.25) is 5.02 Å². The number of carbonyl (C=O) groups excluding carboxylic acids is 2. The number of rotatable bonds is 4. The third-order valence-electron chi connectivity index (χ3n) is 3.54. The molecule has 1 atom stereocenters. The van der Waals surface area contributed by atoms with Gasteiger partial charge >= 0.3 is 11.7 Å². The van der Waals surface area contributed by atoms with Crippen molar-refractivity contribution in [3.05, 3.63) is 32.8 Å². The van der Waals surface area contributed by atoms with Crippen LogP contribution in [0.3, 0.4) is 0 Å². The Hall–Kier alpha value is -2.68. The predicted molar refractivity (Wildman–Crippen MR) is 81.4 cm³/mol. The van der Waals surface area contributed by atoms with Gasteiger partial charge in [0.05, 0.1) is 11.1 Å². The molecule has 0 spiro atoms. The number of nitrogens with zero attached hydrogens (tertiary/aromatic N) is 3. The average molecular weight is 341 g/mol.